The van der Waals surface area contributed by atoms with Gasteiger partial charge in [-0.2, -0.15) is 0 Å². The number of carbonyl (C=O) groups excluding carboxylic acids is 2. The van der Waals surface area contributed by atoms with Gasteiger partial charge in [-0.3, -0.25) is 4.79 Å². The van der Waals surface area contributed by atoms with Crippen LogP contribution in [-0.4, -0.2) is 23.0 Å². The number of hydrogen-bond donors (Lipinski definition) is 1. The Hall–Kier alpha value is -4.45. The quantitative estimate of drug-likeness (QED) is 0.289. The van der Waals surface area contributed by atoms with Crippen molar-refractivity contribution in [3.8, 4) is 11.5 Å². The number of ether oxygens (including phenoxy) is 1. The molecule has 0 aliphatic heterocycles. The SMILES string of the molecule is CCC(OC(=O)c1cccc2cccc(-c3nc4ccccc4o3)c12)C(=O)Nc1ccccc1C. The molecule has 5 rings (SSSR count). The standard InChI is InChI=1S/C29H24N2O4/c1-3-24(27(32)30-22-15-5-4-10-18(22)2)35-29(33)21-14-9-12-19-11-8-13-20(26(19)21)28-31-23-16-6-7-17-25(23)34-28/h4-17,24H,3H2,1-2H3,(H,30,32). The fraction of sp³-hybridized carbons (Fsp3) is 0.138. The summed E-state index contributed by atoms with van der Waals surface area (Å²) >= 11 is 0. The molecule has 0 radical (unpaired) electrons. The average molecular weight is 465 g/mol. The van der Waals surface area contributed by atoms with Crippen LogP contribution in [0.1, 0.15) is 29.3 Å². The van der Waals surface area contributed by atoms with Gasteiger partial charge < -0.3 is 14.5 Å². The van der Waals surface area contributed by atoms with Crippen molar-refractivity contribution < 1.29 is 18.7 Å². The lowest BCUT2D eigenvalue weighted by atomic mass is 9.99. The number of amides is 1. The van der Waals surface area contributed by atoms with E-state index >= 15 is 0 Å². The van der Waals surface area contributed by atoms with Gasteiger partial charge in [0, 0.05) is 16.6 Å². The van der Waals surface area contributed by atoms with Crippen molar-refractivity contribution in [1.82, 2.24) is 4.98 Å². The minimum atomic E-state index is -0.936. The number of benzene rings is 4. The third kappa shape index (κ3) is 4.38. The van der Waals surface area contributed by atoms with E-state index in [9.17, 15) is 9.59 Å². The van der Waals surface area contributed by atoms with Crippen molar-refractivity contribution in [3.05, 3.63) is 96.1 Å². The number of fused-ring (bicyclic) bond motifs is 2. The van der Waals surface area contributed by atoms with Crippen LogP contribution in [0.4, 0.5) is 5.69 Å². The minimum Gasteiger partial charge on any atom is -0.449 e. The van der Waals surface area contributed by atoms with Gasteiger partial charge in [0.25, 0.3) is 5.91 Å². The monoisotopic (exact) mass is 464 g/mol. The van der Waals surface area contributed by atoms with Crippen molar-refractivity contribution >= 4 is 39.4 Å². The van der Waals surface area contributed by atoms with E-state index < -0.39 is 12.1 Å². The van der Waals surface area contributed by atoms with Gasteiger partial charge in [-0.25, -0.2) is 9.78 Å². The third-order valence-corrected chi connectivity index (χ3v) is 5.96. The van der Waals surface area contributed by atoms with Gasteiger partial charge in [0.05, 0.1) is 5.56 Å². The first-order chi connectivity index (χ1) is 17.0. The van der Waals surface area contributed by atoms with Crippen LogP contribution in [0, 0.1) is 6.92 Å². The predicted octanol–water partition coefficient (Wildman–Crippen LogP) is 6.53. The van der Waals surface area contributed by atoms with Gasteiger partial charge in [-0.1, -0.05) is 61.5 Å². The van der Waals surface area contributed by atoms with E-state index in [2.05, 4.69) is 10.3 Å². The van der Waals surface area contributed by atoms with Crippen LogP contribution in [0.2, 0.25) is 0 Å². The lowest BCUT2D eigenvalue weighted by molar-refractivity contribution is -0.124. The van der Waals surface area contributed by atoms with Crippen LogP contribution in [-0.2, 0) is 9.53 Å². The van der Waals surface area contributed by atoms with Gasteiger partial charge >= 0.3 is 5.97 Å². The molecule has 1 N–H and O–H groups in total. The summed E-state index contributed by atoms with van der Waals surface area (Å²) in [7, 11) is 0. The molecule has 0 saturated carbocycles. The van der Waals surface area contributed by atoms with Crippen LogP contribution < -0.4 is 5.32 Å². The maximum Gasteiger partial charge on any atom is 0.339 e. The number of hydrogen-bond acceptors (Lipinski definition) is 5. The summed E-state index contributed by atoms with van der Waals surface area (Å²) < 4.78 is 11.7. The smallest absolute Gasteiger partial charge is 0.339 e. The molecule has 6 heteroatoms. The molecule has 5 aromatic rings. The van der Waals surface area contributed by atoms with Gasteiger partial charge in [0.1, 0.15) is 5.52 Å². The molecule has 1 amide bonds. The highest BCUT2D eigenvalue weighted by atomic mass is 16.5. The second-order valence-electron chi connectivity index (χ2n) is 8.30. The molecule has 0 saturated heterocycles. The highest BCUT2D eigenvalue weighted by Gasteiger charge is 2.25. The topological polar surface area (TPSA) is 81.4 Å². The zero-order chi connectivity index (χ0) is 24.4. The van der Waals surface area contributed by atoms with Crippen LogP contribution in [0.25, 0.3) is 33.3 Å². The highest BCUT2D eigenvalue weighted by Crippen LogP contribution is 2.33. The van der Waals surface area contributed by atoms with Gasteiger partial charge in [0.2, 0.25) is 5.89 Å². The summed E-state index contributed by atoms with van der Waals surface area (Å²) in [6.07, 6.45) is -0.597. The number of rotatable bonds is 6. The first kappa shape index (κ1) is 22.3. The lowest BCUT2D eigenvalue weighted by Gasteiger charge is -2.18. The fourth-order valence-corrected chi connectivity index (χ4v) is 4.12. The molecule has 0 aliphatic carbocycles. The van der Waals surface area contributed by atoms with Gasteiger partial charge in [-0.05, 0) is 54.6 Å². The lowest BCUT2D eigenvalue weighted by Crippen LogP contribution is -2.32. The molecule has 0 fully saturated rings. The second kappa shape index (κ2) is 9.43. The average Bonchev–Trinajstić information content (AvgIpc) is 3.32. The van der Waals surface area contributed by atoms with Crippen molar-refractivity contribution in [2.24, 2.45) is 0 Å². The number of nitrogens with zero attached hydrogens (tertiary/aromatic N) is 1. The number of aryl methyl sites for hydroxylation is 1. The van der Waals surface area contributed by atoms with E-state index in [0.717, 1.165) is 16.5 Å². The van der Waals surface area contributed by atoms with Crippen LogP contribution in [0.5, 0.6) is 0 Å². The van der Waals surface area contributed by atoms with Crippen molar-refractivity contribution in [1.29, 1.82) is 0 Å². The molecule has 1 atom stereocenters. The summed E-state index contributed by atoms with van der Waals surface area (Å²) in [5.41, 5.74) is 4.05. The first-order valence-corrected chi connectivity index (χ1v) is 11.5. The Balaban J connectivity index is 1.48. The summed E-state index contributed by atoms with van der Waals surface area (Å²) in [6.45, 7) is 3.72. The van der Waals surface area contributed by atoms with Crippen LogP contribution in [0.15, 0.2) is 89.3 Å². The molecular formula is C29H24N2O4. The molecule has 4 aromatic carbocycles. The molecule has 174 valence electrons. The molecular weight excluding hydrogens is 440 g/mol. The van der Waals surface area contributed by atoms with E-state index in [1.165, 1.54) is 0 Å². The molecule has 0 bridgehead atoms. The normalized spacial score (nSPS) is 11.9. The number of nitrogens with one attached hydrogen (secondary N) is 1. The summed E-state index contributed by atoms with van der Waals surface area (Å²) in [4.78, 5) is 30.9. The Morgan fingerprint density at radius 1 is 0.943 bits per heavy atom. The van der Waals surface area contributed by atoms with Crippen LogP contribution >= 0.6 is 0 Å². The summed E-state index contributed by atoms with van der Waals surface area (Å²) in [5.74, 6) is -0.526. The number of aromatic nitrogens is 1. The van der Waals surface area contributed by atoms with Crippen molar-refractivity contribution in [2.75, 3.05) is 5.32 Å². The molecule has 0 aliphatic rings. The van der Waals surface area contributed by atoms with E-state index in [-0.39, 0.29) is 5.91 Å². The Labute approximate surface area is 202 Å². The Morgan fingerprint density at radius 3 is 2.46 bits per heavy atom. The number of anilines is 1. The summed E-state index contributed by atoms with van der Waals surface area (Å²) in [5, 5.41) is 4.38. The predicted molar refractivity (Wildman–Crippen MR) is 136 cm³/mol. The maximum atomic E-state index is 13.4. The van der Waals surface area contributed by atoms with Crippen molar-refractivity contribution in [2.45, 2.75) is 26.4 Å². The zero-order valence-electron chi connectivity index (χ0n) is 19.4. The molecule has 35 heavy (non-hydrogen) atoms. The second-order valence-corrected chi connectivity index (χ2v) is 8.30. The molecule has 1 heterocycles. The number of carbonyl (C=O) groups is 2. The number of para-hydroxylation sites is 3. The molecule has 1 unspecified atom stereocenters. The summed E-state index contributed by atoms with van der Waals surface area (Å²) in [6, 6.07) is 26.1. The fourth-order valence-electron chi connectivity index (χ4n) is 4.12. The Kier molecular flexibility index (Phi) is 6.02. The molecule has 1 aromatic heterocycles. The number of oxazole rings is 1. The first-order valence-electron chi connectivity index (χ1n) is 11.5. The largest absolute Gasteiger partial charge is 0.449 e. The van der Waals surface area contributed by atoms with E-state index in [1.807, 2.05) is 86.6 Å². The van der Waals surface area contributed by atoms with E-state index in [4.69, 9.17) is 9.15 Å². The highest BCUT2D eigenvalue weighted by molar-refractivity contribution is 6.10. The minimum absolute atomic E-state index is 0.339. The third-order valence-electron chi connectivity index (χ3n) is 5.96. The van der Waals surface area contributed by atoms with Gasteiger partial charge in [0.15, 0.2) is 11.7 Å². The van der Waals surface area contributed by atoms with E-state index in [0.29, 0.717) is 40.1 Å². The Bertz CT molecular complexity index is 1510. The van der Waals surface area contributed by atoms with Crippen molar-refractivity contribution in [3.63, 3.8) is 0 Å². The Morgan fingerprint density at radius 2 is 1.69 bits per heavy atom. The van der Waals surface area contributed by atoms with Gasteiger partial charge in [-0.15, -0.1) is 0 Å². The zero-order valence-corrected chi connectivity index (χ0v) is 19.4. The number of esters is 1. The molecule has 0 spiro atoms. The maximum absolute atomic E-state index is 13.4. The molecule has 6 nitrogen and oxygen atoms in total. The van der Waals surface area contributed by atoms with Crippen LogP contribution in [0.3, 0.4) is 0 Å². The van der Waals surface area contributed by atoms with E-state index in [1.54, 1.807) is 12.1 Å².